The predicted molar refractivity (Wildman–Crippen MR) is 362 cm³/mol. The molecule has 2 rings (SSSR count). The highest BCUT2D eigenvalue weighted by Gasteiger charge is 2.47. The first-order valence-electron chi connectivity index (χ1n) is 33.4. The van der Waals surface area contributed by atoms with Crippen LogP contribution in [0.25, 0.3) is 0 Å². The van der Waals surface area contributed by atoms with Gasteiger partial charge in [-0.3, -0.25) is 52.7 Å². The highest BCUT2D eigenvalue weighted by molar-refractivity contribution is 6.00. The summed E-state index contributed by atoms with van der Waals surface area (Å²) in [5.41, 5.74) is 0.703. The Morgan fingerprint density at radius 3 is 1.38 bits per heavy atom. The van der Waals surface area contributed by atoms with Gasteiger partial charge >= 0.3 is 0 Å². The zero-order valence-electron chi connectivity index (χ0n) is 60.9. The molecule has 0 bridgehead atoms. The average molecular weight is 1340 g/mol. The molecular formula is C69H117N11O15. The van der Waals surface area contributed by atoms with Gasteiger partial charge in [0.25, 0.3) is 0 Å². The molecule has 1 aliphatic rings. The van der Waals surface area contributed by atoms with Crippen LogP contribution in [0.15, 0.2) is 42.5 Å². The summed E-state index contributed by atoms with van der Waals surface area (Å²) in [6.07, 6.45) is -0.351. The molecule has 26 heteroatoms. The number of nitrogens with one attached hydrogen (secondary N) is 5. The molecule has 1 aromatic rings. The number of hydrogen-bond donors (Lipinski definition) is 7. The van der Waals surface area contributed by atoms with Crippen molar-refractivity contribution < 1.29 is 72.4 Å². The van der Waals surface area contributed by atoms with Gasteiger partial charge < -0.3 is 75.7 Å². The van der Waals surface area contributed by atoms with E-state index in [1.54, 1.807) is 70.2 Å². The van der Waals surface area contributed by atoms with Crippen molar-refractivity contribution in [1.82, 2.24) is 56.0 Å². The minimum atomic E-state index is -1.87. The summed E-state index contributed by atoms with van der Waals surface area (Å²) in [6, 6.07) is -6.71. The topological polar surface area (TPSA) is 326 Å². The van der Waals surface area contributed by atoms with Crippen LogP contribution in [0.2, 0.25) is 0 Å². The van der Waals surface area contributed by atoms with Crippen LogP contribution in [0.5, 0.6) is 0 Å². The molecule has 95 heavy (non-hydrogen) atoms. The number of benzene rings is 1. The first-order chi connectivity index (χ1) is 44.2. The third-order valence-corrected chi connectivity index (χ3v) is 17.5. The molecule has 26 nitrogen and oxygen atoms in total. The van der Waals surface area contributed by atoms with Crippen molar-refractivity contribution >= 4 is 65.0 Å². The lowest BCUT2D eigenvalue weighted by atomic mass is 9.91. The summed E-state index contributed by atoms with van der Waals surface area (Å²) >= 11 is 0. The normalized spacial score (nSPS) is 26.6. The Bertz CT molecular complexity index is 2750. The van der Waals surface area contributed by atoms with Gasteiger partial charge in [-0.2, -0.15) is 0 Å². The van der Waals surface area contributed by atoms with Gasteiger partial charge in [-0.15, -0.1) is 0 Å². The van der Waals surface area contributed by atoms with Crippen LogP contribution in [-0.2, 0) is 68.8 Å². The lowest BCUT2D eigenvalue weighted by Crippen LogP contribution is -2.65. The van der Waals surface area contributed by atoms with Crippen LogP contribution in [0, 0.1) is 35.5 Å². The Kier molecular flexibility index (Phi) is 34.7. The van der Waals surface area contributed by atoms with Gasteiger partial charge in [-0.05, 0) is 108 Å². The Labute approximate surface area is 565 Å². The average Bonchev–Trinajstić information content (AvgIpc) is 0.821. The molecule has 7 N–H and O–H groups in total. The second kappa shape index (κ2) is 39.3. The maximum atomic E-state index is 15.3. The third kappa shape index (κ3) is 24.2. The summed E-state index contributed by atoms with van der Waals surface area (Å²) in [5.74, 6) is -11.1. The summed E-state index contributed by atoms with van der Waals surface area (Å²) in [5, 5.41) is 37.5. The van der Waals surface area contributed by atoms with Crippen molar-refractivity contribution in [3.05, 3.63) is 48.0 Å². The predicted octanol–water partition coefficient (Wildman–Crippen LogP) is 2.86. The maximum absolute atomic E-state index is 15.3. The summed E-state index contributed by atoms with van der Waals surface area (Å²) in [6.45, 7) is 26.5. The quantitative estimate of drug-likeness (QED) is 0.0924. The standard InChI is InChI=1S/C69H117N11O15/c1-24-25-29-43(12)58(82)57-63(87)74-54(46(15)81)68(92)77(19)53(37-95-36-48-30-27-26-28-31-48)67(91)79(21)56(47(16)94-23)62(86)73-49(32-38(2)3)65(89)76(18)51(34-40(6)7)60(84)70-44(13)59(83)71-45(14)64(88)75(17)52(35-41(8)9)61(85)72-50(33-39(4)5)66(90)78(20)55(42(10)11)69(93)80(57)22/h24-28,30-31,38-47,49-58,81-82H,29,32-37H2,1-23H3,(H,70,84)(H,71,83)(H,72,85)(H,73,86)(H,74,87)/b25-24+/t43-,44+,45?,46-,47?,49+,50+,51+,52+,53+,54+,55+,56+,57+,58-/m1/s1. The largest absolute Gasteiger partial charge is 0.391 e. The van der Waals surface area contributed by atoms with Gasteiger partial charge in [-0.25, -0.2) is 0 Å². The molecule has 2 unspecified atom stereocenters. The first-order valence-corrected chi connectivity index (χ1v) is 33.4. The smallest absolute Gasteiger partial charge is 0.248 e. The second-order valence-electron chi connectivity index (χ2n) is 27.9. The molecule has 15 atom stereocenters. The molecule has 0 aromatic heterocycles. The zero-order chi connectivity index (χ0) is 72.8. The number of ether oxygens (including phenoxy) is 2. The number of aliphatic hydroxyl groups excluding tert-OH is 2. The number of nitrogens with zero attached hydrogens (tertiary/aromatic N) is 6. The number of methoxy groups -OCH3 is 1. The van der Waals surface area contributed by atoms with Crippen LogP contribution in [0.3, 0.4) is 0 Å². The van der Waals surface area contributed by atoms with E-state index in [1.807, 2.05) is 55.4 Å². The molecule has 1 aliphatic heterocycles. The fourth-order valence-electron chi connectivity index (χ4n) is 11.7. The first kappa shape index (κ1) is 84.1. The molecule has 1 saturated heterocycles. The van der Waals surface area contributed by atoms with Crippen molar-refractivity contribution in [3.8, 4) is 0 Å². The van der Waals surface area contributed by atoms with E-state index < -0.39 is 168 Å². The van der Waals surface area contributed by atoms with Crippen LogP contribution < -0.4 is 26.6 Å². The third-order valence-electron chi connectivity index (χ3n) is 17.5. The minimum absolute atomic E-state index is 0.0488. The highest BCUT2D eigenvalue weighted by Crippen LogP contribution is 2.25. The molecule has 0 spiro atoms. The van der Waals surface area contributed by atoms with Gasteiger partial charge in [0, 0.05) is 49.4 Å². The van der Waals surface area contributed by atoms with Crippen molar-refractivity contribution in [1.29, 1.82) is 0 Å². The van der Waals surface area contributed by atoms with Crippen LogP contribution in [0.1, 0.15) is 148 Å². The number of aliphatic hydroxyl groups is 2. The molecule has 538 valence electrons. The number of hydrogen-bond acceptors (Lipinski definition) is 15. The van der Waals surface area contributed by atoms with Crippen molar-refractivity contribution in [2.24, 2.45) is 35.5 Å². The molecule has 0 aliphatic carbocycles. The lowest BCUT2D eigenvalue weighted by molar-refractivity contribution is -0.157. The number of carbonyl (C=O) groups is 11. The van der Waals surface area contributed by atoms with Gasteiger partial charge in [0.1, 0.15) is 66.5 Å². The Balaban J connectivity index is 3.14. The number of carbonyl (C=O) groups excluding carboxylic acids is 11. The van der Waals surface area contributed by atoms with Crippen molar-refractivity contribution in [2.75, 3.05) is 56.0 Å². The van der Waals surface area contributed by atoms with Gasteiger partial charge in [0.05, 0.1) is 31.5 Å². The van der Waals surface area contributed by atoms with E-state index in [-0.39, 0.29) is 62.4 Å². The van der Waals surface area contributed by atoms with Gasteiger partial charge in [-0.1, -0.05) is 119 Å². The SMILES string of the molecule is C/C=C/C[C@@H](C)[C@@H](O)[C@H]1C(=O)N[C@@H]([C@@H](C)O)C(=O)N(C)[C@@H](COCc2ccccc2)C(=O)N(C)[C@@H](C(C)OC)C(=O)N[C@@H](CC(C)C)C(=O)N(C)[C@@H](CC(C)C)C(=O)N[C@@H](C)C(=O)NC(C)C(=O)N(C)[C@@H](CC(C)C)C(=O)N[C@@H](CC(C)C)C(=O)N(C)[C@@H](C(C)C)C(=O)N1C. The molecular weight excluding hydrogens is 1220 g/mol. The van der Waals surface area contributed by atoms with Gasteiger partial charge in [0.15, 0.2) is 0 Å². The van der Waals surface area contributed by atoms with E-state index in [1.165, 1.54) is 91.8 Å². The minimum Gasteiger partial charge on any atom is -0.391 e. The molecule has 11 amide bonds. The lowest BCUT2D eigenvalue weighted by Gasteiger charge is -2.40. The molecule has 1 aromatic carbocycles. The number of amides is 11. The monoisotopic (exact) mass is 1340 g/mol. The van der Waals surface area contributed by atoms with E-state index >= 15 is 24.0 Å². The summed E-state index contributed by atoms with van der Waals surface area (Å²) in [7, 11) is 9.33. The Morgan fingerprint density at radius 1 is 0.474 bits per heavy atom. The molecule has 0 radical (unpaired) electrons. The van der Waals surface area contributed by atoms with E-state index in [4.69, 9.17) is 9.47 Å². The summed E-state index contributed by atoms with van der Waals surface area (Å²) < 4.78 is 11.9. The maximum Gasteiger partial charge on any atom is 0.248 e. The van der Waals surface area contributed by atoms with Crippen molar-refractivity contribution in [2.45, 2.75) is 234 Å². The van der Waals surface area contributed by atoms with Gasteiger partial charge in [0.2, 0.25) is 65.0 Å². The fraction of sp³-hybridized carbons (Fsp3) is 0.725. The number of likely N-dealkylation sites (N-methyl/N-ethyl adjacent to an activating group) is 6. The van der Waals surface area contributed by atoms with Crippen LogP contribution in [0.4, 0.5) is 0 Å². The van der Waals surface area contributed by atoms with Crippen LogP contribution in [-0.4, -0.2) is 245 Å². The molecule has 1 fully saturated rings. The highest BCUT2D eigenvalue weighted by atomic mass is 16.5. The van der Waals surface area contributed by atoms with E-state index in [9.17, 15) is 39.0 Å². The second-order valence-corrected chi connectivity index (χ2v) is 27.9. The molecule has 0 saturated carbocycles. The molecule has 1 heterocycles. The number of rotatable bonds is 20. The zero-order valence-corrected chi connectivity index (χ0v) is 60.9. The van der Waals surface area contributed by atoms with E-state index in [2.05, 4.69) is 26.6 Å². The summed E-state index contributed by atoms with van der Waals surface area (Å²) in [4.78, 5) is 170. The van der Waals surface area contributed by atoms with Crippen LogP contribution >= 0.6 is 0 Å². The Hall–Kier alpha value is -7.03. The fourth-order valence-corrected chi connectivity index (χ4v) is 11.7. The van der Waals surface area contributed by atoms with E-state index in [0.717, 1.165) is 14.7 Å². The van der Waals surface area contributed by atoms with Crippen molar-refractivity contribution in [3.63, 3.8) is 0 Å². The van der Waals surface area contributed by atoms with E-state index in [0.29, 0.717) is 5.56 Å². The Morgan fingerprint density at radius 2 is 0.905 bits per heavy atom. The number of allylic oxidation sites excluding steroid dienone is 2.